The van der Waals surface area contributed by atoms with Crippen molar-refractivity contribution in [1.29, 1.82) is 0 Å². The molecule has 5 heteroatoms. The second kappa shape index (κ2) is 9.51. The number of rotatable bonds is 7. The Kier molecular flexibility index (Phi) is 6.57. The molecule has 0 amide bonds. The average Bonchev–Trinajstić information content (AvgIpc) is 3.25. The molecule has 2 aliphatic rings. The Balaban J connectivity index is 1.57. The molecule has 1 aromatic carbocycles. The van der Waals surface area contributed by atoms with Gasteiger partial charge in [-0.2, -0.15) is 0 Å². The molecule has 1 saturated carbocycles. The van der Waals surface area contributed by atoms with Gasteiger partial charge in [-0.15, -0.1) is 0 Å². The standard InChI is InChI=1S/C24H32N4O/c1-3-17(13-14-29-2)23-27-22-16-25-15-21(22)24(28-23)26-20-11-9-19(10-12-20)18-7-5-4-6-8-18/h9-13,18,25H,3-8,14-16H2,1-2H3,(H,26,27,28)/b17-13+. The van der Waals surface area contributed by atoms with E-state index in [1.807, 2.05) is 0 Å². The highest BCUT2D eigenvalue weighted by Crippen LogP contribution is 2.34. The smallest absolute Gasteiger partial charge is 0.157 e. The molecular formula is C24H32N4O. The third-order valence-electron chi connectivity index (χ3n) is 6.10. The molecule has 0 unspecified atom stereocenters. The number of hydrogen-bond donors (Lipinski definition) is 2. The number of aromatic nitrogens is 2. The van der Waals surface area contributed by atoms with Crippen molar-refractivity contribution < 1.29 is 4.74 Å². The summed E-state index contributed by atoms with van der Waals surface area (Å²) in [5.41, 5.74) is 5.95. The third-order valence-corrected chi connectivity index (χ3v) is 6.10. The number of hydrogen-bond acceptors (Lipinski definition) is 5. The van der Waals surface area contributed by atoms with Crippen LogP contribution in [0, 0.1) is 0 Å². The zero-order valence-electron chi connectivity index (χ0n) is 17.6. The lowest BCUT2D eigenvalue weighted by molar-refractivity contribution is 0.234. The van der Waals surface area contributed by atoms with E-state index in [4.69, 9.17) is 14.7 Å². The van der Waals surface area contributed by atoms with Crippen LogP contribution < -0.4 is 10.6 Å². The maximum absolute atomic E-state index is 5.22. The van der Waals surface area contributed by atoms with E-state index in [9.17, 15) is 0 Å². The zero-order chi connectivity index (χ0) is 20.1. The van der Waals surface area contributed by atoms with Crippen molar-refractivity contribution in [3.63, 3.8) is 0 Å². The minimum absolute atomic E-state index is 0.577. The molecule has 29 heavy (non-hydrogen) atoms. The van der Waals surface area contributed by atoms with E-state index in [0.717, 1.165) is 54.0 Å². The van der Waals surface area contributed by atoms with Crippen molar-refractivity contribution in [2.24, 2.45) is 0 Å². The van der Waals surface area contributed by atoms with Gasteiger partial charge in [-0.25, -0.2) is 9.97 Å². The number of benzene rings is 1. The van der Waals surface area contributed by atoms with Gasteiger partial charge >= 0.3 is 0 Å². The predicted octanol–water partition coefficient (Wildman–Crippen LogP) is 5.31. The lowest BCUT2D eigenvalue weighted by Gasteiger charge is -2.22. The van der Waals surface area contributed by atoms with E-state index >= 15 is 0 Å². The summed E-state index contributed by atoms with van der Waals surface area (Å²) in [4.78, 5) is 9.71. The van der Waals surface area contributed by atoms with Gasteiger partial charge in [0, 0.05) is 31.5 Å². The molecule has 1 aliphatic heterocycles. The Morgan fingerprint density at radius 1 is 1.14 bits per heavy atom. The number of nitrogens with one attached hydrogen (secondary N) is 2. The van der Waals surface area contributed by atoms with Gasteiger partial charge in [0.05, 0.1) is 12.3 Å². The maximum atomic E-state index is 5.22. The van der Waals surface area contributed by atoms with E-state index < -0.39 is 0 Å². The Morgan fingerprint density at radius 3 is 2.66 bits per heavy atom. The van der Waals surface area contributed by atoms with Crippen LogP contribution in [0.2, 0.25) is 0 Å². The summed E-state index contributed by atoms with van der Waals surface area (Å²) in [6.07, 6.45) is 9.74. The number of nitrogens with zero attached hydrogens (tertiary/aromatic N) is 2. The minimum Gasteiger partial charge on any atom is -0.381 e. The van der Waals surface area contributed by atoms with E-state index in [2.05, 4.69) is 47.9 Å². The van der Waals surface area contributed by atoms with Crippen LogP contribution >= 0.6 is 0 Å². The second-order valence-corrected chi connectivity index (χ2v) is 8.04. The monoisotopic (exact) mass is 392 g/mol. The molecule has 1 fully saturated rings. The van der Waals surface area contributed by atoms with Gasteiger partial charge in [0.2, 0.25) is 0 Å². The first kappa shape index (κ1) is 20.0. The average molecular weight is 393 g/mol. The quantitative estimate of drug-likeness (QED) is 0.669. The van der Waals surface area contributed by atoms with Crippen molar-refractivity contribution in [1.82, 2.24) is 15.3 Å². The van der Waals surface area contributed by atoms with Crippen LogP contribution in [0.3, 0.4) is 0 Å². The molecule has 2 heterocycles. The Hall–Kier alpha value is -2.24. The third kappa shape index (κ3) is 4.68. The summed E-state index contributed by atoms with van der Waals surface area (Å²) in [6.45, 7) is 4.31. The molecule has 0 radical (unpaired) electrons. The second-order valence-electron chi connectivity index (χ2n) is 8.04. The van der Waals surface area contributed by atoms with Gasteiger partial charge in [-0.3, -0.25) is 0 Å². The Morgan fingerprint density at radius 2 is 1.93 bits per heavy atom. The predicted molar refractivity (Wildman–Crippen MR) is 118 cm³/mol. The normalized spacial score (nSPS) is 17.4. The molecule has 5 nitrogen and oxygen atoms in total. The number of methoxy groups -OCH3 is 1. The largest absolute Gasteiger partial charge is 0.381 e. The number of ether oxygens (including phenoxy) is 1. The summed E-state index contributed by atoms with van der Waals surface area (Å²) >= 11 is 0. The molecule has 1 aromatic heterocycles. The van der Waals surface area contributed by atoms with Crippen LogP contribution in [0.5, 0.6) is 0 Å². The molecular weight excluding hydrogens is 360 g/mol. The van der Waals surface area contributed by atoms with Crippen molar-refractivity contribution in [2.75, 3.05) is 19.0 Å². The zero-order valence-corrected chi connectivity index (χ0v) is 17.6. The highest BCUT2D eigenvalue weighted by Gasteiger charge is 2.20. The van der Waals surface area contributed by atoms with Crippen molar-refractivity contribution in [3.05, 3.63) is 53.0 Å². The molecule has 0 atom stereocenters. The van der Waals surface area contributed by atoms with Gasteiger partial charge in [-0.1, -0.05) is 44.4 Å². The van der Waals surface area contributed by atoms with Crippen LogP contribution in [0.4, 0.5) is 11.5 Å². The van der Waals surface area contributed by atoms with Crippen molar-refractivity contribution >= 4 is 17.1 Å². The van der Waals surface area contributed by atoms with Crippen LogP contribution in [0.15, 0.2) is 30.3 Å². The van der Waals surface area contributed by atoms with Gasteiger partial charge < -0.3 is 15.4 Å². The van der Waals surface area contributed by atoms with Gasteiger partial charge in [0.25, 0.3) is 0 Å². The lowest BCUT2D eigenvalue weighted by Crippen LogP contribution is -2.07. The highest BCUT2D eigenvalue weighted by molar-refractivity contribution is 5.66. The van der Waals surface area contributed by atoms with Crippen molar-refractivity contribution in [2.45, 2.75) is 64.5 Å². The fraction of sp³-hybridized carbons (Fsp3) is 0.500. The number of allylic oxidation sites excluding steroid dienone is 1. The summed E-state index contributed by atoms with van der Waals surface area (Å²) in [6, 6.07) is 8.97. The Labute approximate surface area is 174 Å². The van der Waals surface area contributed by atoms with Gasteiger partial charge in [-0.05, 0) is 48.4 Å². The van der Waals surface area contributed by atoms with Crippen LogP contribution in [-0.4, -0.2) is 23.7 Å². The Bertz CT molecular complexity index is 854. The number of anilines is 2. The summed E-state index contributed by atoms with van der Waals surface area (Å²) in [5, 5.41) is 6.97. The van der Waals surface area contributed by atoms with Gasteiger partial charge in [0.15, 0.2) is 5.82 Å². The van der Waals surface area contributed by atoms with E-state index in [-0.39, 0.29) is 0 Å². The maximum Gasteiger partial charge on any atom is 0.157 e. The van der Waals surface area contributed by atoms with E-state index in [1.54, 1.807) is 7.11 Å². The molecule has 4 rings (SSSR count). The fourth-order valence-corrected chi connectivity index (χ4v) is 4.40. The topological polar surface area (TPSA) is 59.1 Å². The van der Waals surface area contributed by atoms with Gasteiger partial charge in [0.1, 0.15) is 5.82 Å². The molecule has 2 N–H and O–H groups in total. The van der Waals surface area contributed by atoms with Crippen molar-refractivity contribution in [3.8, 4) is 0 Å². The molecule has 0 spiro atoms. The van der Waals surface area contributed by atoms with E-state index in [0.29, 0.717) is 6.61 Å². The first-order valence-corrected chi connectivity index (χ1v) is 10.9. The highest BCUT2D eigenvalue weighted by atomic mass is 16.5. The summed E-state index contributed by atoms with van der Waals surface area (Å²) in [7, 11) is 1.71. The number of fused-ring (bicyclic) bond motifs is 1. The van der Waals surface area contributed by atoms with Crippen LogP contribution in [-0.2, 0) is 17.8 Å². The molecule has 154 valence electrons. The summed E-state index contributed by atoms with van der Waals surface area (Å²) in [5.74, 6) is 2.44. The first-order valence-electron chi connectivity index (χ1n) is 10.9. The van der Waals surface area contributed by atoms with Crippen LogP contribution in [0.1, 0.15) is 74.0 Å². The minimum atomic E-state index is 0.577. The first-order chi connectivity index (χ1) is 14.3. The molecule has 2 aromatic rings. The lowest BCUT2D eigenvalue weighted by atomic mass is 9.84. The molecule has 0 bridgehead atoms. The van der Waals surface area contributed by atoms with E-state index in [1.165, 1.54) is 43.2 Å². The molecule has 0 saturated heterocycles. The summed E-state index contributed by atoms with van der Waals surface area (Å²) < 4.78 is 5.22. The SMILES string of the molecule is CC/C(=C\COC)c1nc2c(c(Nc3ccc(C4CCCCC4)cc3)n1)CNC2. The van der Waals surface area contributed by atoms with Crippen LogP contribution in [0.25, 0.3) is 5.57 Å². The fourth-order valence-electron chi connectivity index (χ4n) is 4.40. The molecule has 1 aliphatic carbocycles.